The summed E-state index contributed by atoms with van der Waals surface area (Å²) in [4.78, 5) is 13.8. The molecular formula is C11H21N3O3S. The van der Waals surface area contributed by atoms with Crippen LogP contribution in [0.25, 0.3) is 0 Å². The van der Waals surface area contributed by atoms with Gasteiger partial charge in [-0.25, -0.2) is 8.42 Å². The van der Waals surface area contributed by atoms with E-state index in [-0.39, 0.29) is 17.4 Å². The van der Waals surface area contributed by atoms with Gasteiger partial charge < -0.3 is 11.1 Å². The lowest BCUT2D eigenvalue weighted by Crippen LogP contribution is -2.63. The first kappa shape index (κ1) is 13.8. The summed E-state index contributed by atoms with van der Waals surface area (Å²) >= 11 is 0. The van der Waals surface area contributed by atoms with Crippen LogP contribution in [0.2, 0.25) is 0 Å². The molecule has 2 fully saturated rings. The largest absolute Gasteiger partial charge is 0.368 e. The maximum atomic E-state index is 11.7. The van der Waals surface area contributed by atoms with Crippen LogP contribution in [-0.2, 0) is 14.6 Å². The van der Waals surface area contributed by atoms with E-state index in [1.165, 1.54) is 0 Å². The van der Waals surface area contributed by atoms with E-state index in [4.69, 9.17) is 5.73 Å². The van der Waals surface area contributed by atoms with E-state index in [1.807, 2.05) is 4.90 Å². The molecule has 0 aromatic heterocycles. The summed E-state index contributed by atoms with van der Waals surface area (Å²) in [5.41, 5.74) is 4.85. The fraction of sp³-hybridized carbons (Fsp3) is 0.909. The second kappa shape index (κ2) is 4.79. The van der Waals surface area contributed by atoms with Crippen molar-refractivity contribution in [1.29, 1.82) is 0 Å². The van der Waals surface area contributed by atoms with E-state index in [2.05, 4.69) is 5.32 Å². The summed E-state index contributed by atoms with van der Waals surface area (Å²) < 4.78 is 22.8. The van der Waals surface area contributed by atoms with E-state index in [0.29, 0.717) is 25.6 Å². The van der Waals surface area contributed by atoms with Crippen LogP contribution in [0.15, 0.2) is 0 Å². The lowest BCUT2D eigenvalue weighted by Gasteiger charge is -2.37. The predicted molar refractivity (Wildman–Crippen MR) is 68.8 cm³/mol. The molecule has 1 aliphatic heterocycles. The van der Waals surface area contributed by atoms with E-state index in [1.54, 1.807) is 7.05 Å². The van der Waals surface area contributed by atoms with Gasteiger partial charge in [0.1, 0.15) is 5.54 Å². The summed E-state index contributed by atoms with van der Waals surface area (Å²) in [6.45, 7) is 1.50. The van der Waals surface area contributed by atoms with Crippen molar-refractivity contribution in [2.24, 2.45) is 11.7 Å². The summed E-state index contributed by atoms with van der Waals surface area (Å²) in [7, 11) is -1.13. The first-order valence-corrected chi connectivity index (χ1v) is 8.13. The third-order valence-corrected chi connectivity index (χ3v) is 5.68. The fourth-order valence-corrected chi connectivity index (χ4v) is 3.93. The van der Waals surface area contributed by atoms with Gasteiger partial charge in [-0.3, -0.25) is 9.69 Å². The van der Waals surface area contributed by atoms with Crippen LogP contribution in [0.4, 0.5) is 0 Å². The molecule has 1 aliphatic carbocycles. The summed E-state index contributed by atoms with van der Waals surface area (Å²) in [6.07, 6.45) is 2.02. The number of carbonyl (C=O) groups excluding carboxylic acids is 1. The molecule has 0 bridgehead atoms. The molecular weight excluding hydrogens is 254 g/mol. The second-order valence-corrected chi connectivity index (χ2v) is 7.59. The first-order chi connectivity index (χ1) is 8.39. The van der Waals surface area contributed by atoms with Crippen molar-refractivity contribution in [3.05, 3.63) is 0 Å². The van der Waals surface area contributed by atoms with Crippen LogP contribution < -0.4 is 11.1 Å². The number of hydrogen-bond donors (Lipinski definition) is 2. The van der Waals surface area contributed by atoms with Crippen molar-refractivity contribution in [3.63, 3.8) is 0 Å². The number of nitrogens with zero attached hydrogens (tertiary/aromatic N) is 1. The van der Waals surface area contributed by atoms with Crippen molar-refractivity contribution in [2.45, 2.75) is 18.4 Å². The zero-order valence-corrected chi connectivity index (χ0v) is 11.5. The number of sulfone groups is 1. The van der Waals surface area contributed by atoms with Gasteiger partial charge in [0.15, 0.2) is 9.84 Å². The SMILES string of the molecule is CNC(CN1CCS(=O)(=O)CC1)(C(N)=O)C1CC1. The van der Waals surface area contributed by atoms with Crippen LogP contribution in [-0.4, -0.2) is 63.0 Å². The Hall–Kier alpha value is -0.660. The highest BCUT2D eigenvalue weighted by molar-refractivity contribution is 7.91. The Kier molecular flexibility index (Phi) is 3.66. The first-order valence-electron chi connectivity index (χ1n) is 6.31. The van der Waals surface area contributed by atoms with Crippen molar-refractivity contribution in [1.82, 2.24) is 10.2 Å². The molecule has 2 rings (SSSR count). The highest BCUT2D eigenvalue weighted by Crippen LogP contribution is 2.40. The Balaban J connectivity index is 2.04. The summed E-state index contributed by atoms with van der Waals surface area (Å²) in [5.74, 6) is 0.311. The second-order valence-electron chi connectivity index (χ2n) is 5.29. The molecule has 0 spiro atoms. The Morgan fingerprint density at radius 3 is 2.33 bits per heavy atom. The number of likely N-dealkylation sites (N-methyl/N-ethyl adjacent to an activating group) is 1. The van der Waals surface area contributed by atoms with Gasteiger partial charge in [-0.2, -0.15) is 0 Å². The summed E-state index contributed by atoms with van der Waals surface area (Å²) in [5, 5.41) is 3.08. The average molecular weight is 275 g/mol. The molecule has 0 aromatic rings. The Morgan fingerprint density at radius 1 is 1.39 bits per heavy atom. The third-order valence-electron chi connectivity index (χ3n) is 4.07. The number of hydrogen-bond acceptors (Lipinski definition) is 5. The molecule has 1 amide bonds. The summed E-state index contributed by atoms with van der Waals surface area (Å²) in [6, 6.07) is 0. The quantitative estimate of drug-likeness (QED) is 0.642. The standard InChI is InChI=1S/C11H21N3O3S/c1-13-11(10(12)15,9-2-3-9)8-14-4-6-18(16,17)7-5-14/h9,13H,2-8H2,1H3,(H2,12,15). The minimum atomic E-state index is -2.88. The van der Waals surface area contributed by atoms with Gasteiger partial charge in [-0.15, -0.1) is 0 Å². The van der Waals surface area contributed by atoms with Crippen molar-refractivity contribution < 1.29 is 13.2 Å². The topological polar surface area (TPSA) is 92.5 Å². The molecule has 1 saturated heterocycles. The van der Waals surface area contributed by atoms with Crippen molar-refractivity contribution >= 4 is 15.7 Å². The monoisotopic (exact) mass is 275 g/mol. The molecule has 1 heterocycles. The molecule has 6 nitrogen and oxygen atoms in total. The van der Waals surface area contributed by atoms with Crippen LogP contribution >= 0.6 is 0 Å². The lowest BCUT2D eigenvalue weighted by atomic mass is 9.91. The highest BCUT2D eigenvalue weighted by Gasteiger charge is 2.49. The van der Waals surface area contributed by atoms with Gasteiger partial charge >= 0.3 is 0 Å². The molecule has 104 valence electrons. The molecule has 18 heavy (non-hydrogen) atoms. The van der Waals surface area contributed by atoms with Gasteiger partial charge in [0.25, 0.3) is 0 Å². The van der Waals surface area contributed by atoms with Crippen LogP contribution in [0, 0.1) is 5.92 Å². The van der Waals surface area contributed by atoms with Crippen LogP contribution in [0.3, 0.4) is 0 Å². The van der Waals surface area contributed by atoms with E-state index in [0.717, 1.165) is 12.8 Å². The number of carbonyl (C=O) groups is 1. The maximum Gasteiger partial charge on any atom is 0.239 e. The number of nitrogens with one attached hydrogen (secondary N) is 1. The predicted octanol–water partition coefficient (Wildman–Crippen LogP) is -1.43. The number of primary amides is 1. The van der Waals surface area contributed by atoms with Gasteiger partial charge in [-0.1, -0.05) is 0 Å². The smallest absolute Gasteiger partial charge is 0.239 e. The van der Waals surface area contributed by atoms with E-state index in [9.17, 15) is 13.2 Å². The molecule has 0 aromatic carbocycles. The minimum absolute atomic E-state index is 0.177. The number of rotatable bonds is 5. The molecule has 3 N–H and O–H groups in total. The molecule has 1 atom stereocenters. The van der Waals surface area contributed by atoms with Gasteiger partial charge in [-0.05, 0) is 25.8 Å². The zero-order chi connectivity index (χ0) is 13.4. The highest BCUT2D eigenvalue weighted by atomic mass is 32.2. The minimum Gasteiger partial charge on any atom is -0.368 e. The lowest BCUT2D eigenvalue weighted by molar-refractivity contribution is -0.126. The number of amides is 1. The molecule has 0 radical (unpaired) electrons. The molecule has 7 heteroatoms. The Bertz CT molecular complexity index is 419. The Labute approximate surface area is 108 Å². The van der Waals surface area contributed by atoms with Gasteiger partial charge in [0.2, 0.25) is 5.91 Å². The Morgan fingerprint density at radius 2 is 1.94 bits per heavy atom. The van der Waals surface area contributed by atoms with Gasteiger partial charge in [0, 0.05) is 19.6 Å². The van der Waals surface area contributed by atoms with Crippen LogP contribution in [0.5, 0.6) is 0 Å². The number of nitrogens with two attached hydrogens (primary N) is 1. The normalized spacial score (nSPS) is 27.6. The van der Waals surface area contributed by atoms with E-state index < -0.39 is 15.4 Å². The maximum absolute atomic E-state index is 11.7. The molecule has 1 saturated carbocycles. The molecule has 1 unspecified atom stereocenters. The van der Waals surface area contributed by atoms with Crippen LogP contribution in [0.1, 0.15) is 12.8 Å². The zero-order valence-electron chi connectivity index (χ0n) is 10.7. The van der Waals surface area contributed by atoms with E-state index >= 15 is 0 Å². The molecule has 2 aliphatic rings. The van der Waals surface area contributed by atoms with Crippen molar-refractivity contribution in [3.8, 4) is 0 Å². The van der Waals surface area contributed by atoms with Gasteiger partial charge in [0.05, 0.1) is 11.5 Å². The van der Waals surface area contributed by atoms with Crippen molar-refractivity contribution in [2.75, 3.05) is 38.2 Å². The average Bonchev–Trinajstić information content (AvgIpc) is 3.12. The fourth-order valence-electron chi connectivity index (χ4n) is 2.65. The third kappa shape index (κ3) is 2.67.